The first-order chi connectivity index (χ1) is 14.0. The molecule has 0 aromatic carbocycles. The summed E-state index contributed by atoms with van der Waals surface area (Å²) in [6, 6.07) is 1.88. The minimum atomic E-state index is -0.450. The minimum Gasteiger partial charge on any atom is -0.494 e. The number of Topliss-reactive ketones (excluding diaryl/α,β-unsaturated/α-hetero) is 1. The summed E-state index contributed by atoms with van der Waals surface area (Å²) in [5.74, 6) is 0.271. The Morgan fingerprint density at radius 1 is 1.14 bits per heavy atom. The van der Waals surface area contributed by atoms with Crippen LogP contribution in [-0.4, -0.2) is 15.5 Å². The summed E-state index contributed by atoms with van der Waals surface area (Å²) in [5, 5.41) is 20.6. The van der Waals surface area contributed by atoms with Gasteiger partial charge in [-0.1, -0.05) is 45.4 Å². The van der Waals surface area contributed by atoms with Gasteiger partial charge in [0, 0.05) is 12.0 Å². The van der Waals surface area contributed by atoms with Crippen molar-refractivity contribution in [1.29, 1.82) is 5.26 Å². The molecule has 1 N–H and O–H groups in total. The molecule has 2 aliphatic rings. The molecule has 5 nitrogen and oxygen atoms in total. The van der Waals surface area contributed by atoms with Crippen molar-refractivity contribution in [2.24, 2.45) is 11.8 Å². The van der Waals surface area contributed by atoms with E-state index in [1.807, 2.05) is 6.07 Å². The van der Waals surface area contributed by atoms with E-state index in [9.17, 15) is 20.0 Å². The smallest absolute Gasteiger partial charge is 0.271 e. The average molecular weight is 399 g/mol. The Labute approximate surface area is 173 Å². The van der Waals surface area contributed by atoms with Crippen LogP contribution in [0.1, 0.15) is 112 Å². The lowest BCUT2D eigenvalue weighted by molar-refractivity contribution is 0.0863. The van der Waals surface area contributed by atoms with Crippen LogP contribution >= 0.6 is 0 Å². The Morgan fingerprint density at radius 3 is 2.38 bits per heavy atom. The van der Waals surface area contributed by atoms with Crippen molar-refractivity contribution in [3.8, 4) is 11.9 Å². The predicted molar refractivity (Wildman–Crippen MR) is 113 cm³/mol. The molecular weight excluding hydrogens is 364 g/mol. The summed E-state index contributed by atoms with van der Waals surface area (Å²) >= 11 is 0. The van der Waals surface area contributed by atoms with Crippen molar-refractivity contribution in [2.45, 2.75) is 96.9 Å². The Morgan fingerprint density at radius 2 is 1.79 bits per heavy atom. The van der Waals surface area contributed by atoms with E-state index in [-0.39, 0.29) is 34.7 Å². The molecule has 1 heterocycles. The van der Waals surface area contributed by atoms with Gasteiger partial charge in [-0.05, 0) is 56.9 Å². The molecule has 2 aliphatic carbocycles. The van der Waals surface area contributed by atoms with Crippen LogP contribution in [-0.2, 0) is 0 Å². The van der Waals surface area contributed by atoms with Gasteiger partial charge in [-0.3, -0.25) is 14.2 Å². The molecule has 29 heavy (non-hydrogen) atoms. The van der Waals surface area contributed by atoms with E-state index in [4.69, 9.17) is 0 Å². The summed E-state index contributed by atoms with van der Waals surface area (Å²) in [5.41, 5.74) is 0.117. The van der Waals surface area contributed by atoms with Crippen LogP contribution in [0.15, 0.2) is 4.79 Å². The highest BCUT2D eigenvalue weighted by atomic mass is 16.3. The highest BCUT2D eigenvalue weighted by molar-refractivity contribution is 6.01. The first kappa shape index (κ1) is 21.6. The van der Waals surface area contributed by atoms with Crippen LogP contribution in [0.2, 0.25) is 0 Å². The lowest BCUT2D eigenvalue weighted by Crippen LogP contribution is -2.32. The fourth-order valence-electron chi connectivity index (χ4n) is 5.31. The summed E-state index contributed by atoms with van der Waals surface area (Å²) in [4.78, 5) is 26.3. The number of hydrogen-bond donors (Lipinski definition) is 1. The molecule has 0 radical (unpaired) electrons. The first-order valence-corrected chi connectivity index (χ1v) is 11.4. The van der Waals surface area contributed by atoms with Gasteiger partial charge >= 0.3 is 0 Å². The zero-order valence-electron chi connectivity index (χ0n) is 17.9. The van der Waals surface area contributed by atoms with Crippen molar-refractivity contribution < 1.29 is 9.90 Å². The normalized spacial score (nSPS) is 22.9. The van der Waals surface area contributed by atoms with Gasteiger partial charge < -0.3 is 5.11 Å². The third-order valence-electron chi connectivity index (χ3n) is 7.12. The van der Waals surface area contributed by atoms with E-state index in [1.165, 1.54) is 23.8 Å². The van der Waals surface area contributed by atoms with E-state index in [1.54, 1.807) is 6.92 Å². The Hall–Kier alpha value is -2.09. The van der Waals surface area contributed by atoms with Gasteiger partial charge in [-0.2, -0.15) is 5.26 Å². The molecule has 0 bridgehead atoms. The number of aromatic nitrogens is 1. The van der Waals surface area contributed by atoms with E-state index >= 15 is 0 Å². The second kappa shape index (κ2) is 9.61. The zero-order chi connectivity index (χ0) is 21.0. The van der Waals surface area contributed by atoms with Crippen molar-refractivity contribution in [3.05, 3.63) is 27.0 Å². The largest absolute Gasteiger partial charge is 0.494 e. The topological polar surface area (TPSA) is 83.1 Å². The highest BCUT2D eigenvalue weighted by Crippen LogP contribution is 2.38. The summed E-state index contributed by atoms with van der Waals surface area (Å²) in [6.45, 7) is 3.83. The molecule has 2 fully saturated rings. The van der Waals surface area contributed by atoms with Crippen molar-refractivity contribution in [1.82, 2.24) is 4.57 Å². The number of nitrogens with zero attached hydrogens (tertiary/aromatic N) is 2. The first-order valence-electron chi connectivity index (χ1n) is 11.4. The SMILES string of the molecule is CCCCC1CCC(C(=O)c2c(C)c(C#N)c(=O)n(C3CCCCC3)c2O)CC1. The van der Waals surface area contributed by atoms with E-state index in [2.05, 4.69) is 6.92 Å². The van der Waals surface area contributed by atoms with E-state index < -0.39 is 5.56 Å². The zero-order valence-corrected chi connectivity index (χ0v) is 17.9. The fourth-order valence-corrected chi connectivity index (χ4v) is 5.31. The van der Waals surface area contributed by atoms with Crippen LogP contribution in [0.5, 0.6) is 5.88 Å². The number of rotatable bonds is 6. The standard InChI is InChI=1S/C24H34N2O3/c1-3-4-8-17-11-13-18(14-12-17)22(27)21-16(2)20(15-25)23(28)26(24(21)29)19-9-6-5-7-10-19/h17-19,29H,3-14H2,1-2H3. The molecule has 0 aliphatic heterocycles. The van der Waals surface area contributed by atoms with Gasteiger partial charge in [-0.15, -0.1) is 0 Å². The van der Waals surface area contributed by atoms with Crippen molar-refractivity contribution >= 4 is 5.78 Å². The van der Waals surface area contributed by atoms with Gasteiger partial charge in [0.05, 0.1) is 5.56 Å². The Kier molecular flexibility index (Phi) is 7.16. The van der Waals surface area contributed by atoms with Crippen LogP contribution < -0.4 is 5.56 Å². The molecule has 0 amide bonds. The van der Waals surface area contributed by atoms with Gasteiger partial charge in [0.1, 0.15) is 11.6 Å². The number of hydrogen-bond acceptors (Lipinski definition) is 4. The molecule has 2 saturated carbocycles. The third-order valence-corrected chi connectivity index (χ3v) is 7.12. The number of nitriles is 1. The number of carbonyl (C=O) groups is 1. The highest BCUT2D eigenvalue weighted by Gasteiger charge is 2.33. The minimum absolute atomic E-state index is 0.00774. The number of pyridine rings is 1. The molecule has 1 aromatic heterocycles. The number of ketones is 1. The van der Waals surface area contributed by atoms with E-state index in [0.717, 1.165) is 57.8 Å². The van der Waals surface area contributed by atoms with Crippen LogP contribution in [0, 0.1) is 30.1 Å². The molecule has 3 rings (SSSR count). The third kappa shape index (κ3) is 4.42. The lowest BCUT2D eigenvalue weighted by atomic mass is 9.76. The van der Waals surface area contributed by atoms with Gasteiger partial charge in [0.25, 0.3) is 5.56 Å². The van der Waals surface area contributed by atoms with Crippen LogP contribution in [0.4, 0.5) is 0 Å². The summed E-state index contributed by atoms with van der Waals surface area (Å²) in [6.07, 6.45) is 12.1. The van der Waals surface area contributed by atoms with Gasteiger partial charge in [0.15, 0.2) is 5.78 Å². The van der Waals surface area contributed by atoms with E-state index in [0.29, 0.717) is 11.5 Å². The maximum atomic E-state index is 13.4. The second-order valence-electron chi connectivity index (χ2n) is 9.00. The molecule has 0 unspecified atom stereocenters. The number of unbranched alkanes of at least 4 members (excludes halogenated alkanes) is 1. The average Bonchev–Trinajstić information content (AvgIpc) is 2.73. The maximum absolute atomic E-state index is 13.4. The number of aromatic hydroxyl groups is 1. The Balaban J connectivity index is 1.91. The van der Waals surface area contributed by atoms with Gasteiger partial charge in [-0.25, -0.2) is 0 Å². The fraction of sp³-hybridized carbons (Fsp3) is 0.708. The molecule has 0 atom stereocenters. The molecule has 5 heteroatoms. The molecule has 0 saturated heterocycles. The monoisotopic (exact) mass is 398 g/mol. The predicted octanol–water partition coefficient (Wildman–Crippen LogP) is 5.42. The summed E-state index contributed by atoms with van der Waals surface area (Å²) < 4.78 is 1.35. The van der Waals surface area contributed by atoms with Crippen LogP contribution in [0.3, 0.4) is 0 Å². The van der Waals surface area contributed by atoms with Crippen LogP contribution in [0.25, 0.3) is 0 Å². The number of carbonyl (C=O) groups excluding carboxylic acids is 1. The second-order valence-corrected chi connectivity index (χ2v) is 9.00. The van der Waals surface area contributed by atoms with Crippen molar-refractivity contribution in [2.75, 3.05) is 0 Å². The quantitative estimate of drug-likeness (QED) is 0.649. The molecule has 0 spiro atoms. The molecule has 158 valence electrons. The molecule has 1 aromatic rings. The lowest BCUT2D eigenvalue weighted by Gasteiger charge is -2.30. The van der Waals surface area contributed by atoms with Crippen molar-refractivity contribution in [3.63, 3.8) is 0 Å². The maximum Gasteiger partial charge on any atom is 0.271 e. The summed E-state index contributed by atoms with van der Waals surface area (Å²) in [7, 11) is 0. The Bertz CT molecular complexity index is 835. The van der Waals surface area contributed by atoms with Gasteiger partial charge in [0.2, 0.25) is 5.88 Å². The molecular formula is C24H34N2O3.